The number of primary amides is 1. The van der Waals surface area contributed by atoms with Gasteiger partial charge in [0.15, 0.2) is 6.61 Å². The quantitative estimate of drug-likeness (QED) is 0.720. The van der Waals surface area contributed by atoms with E-state index in [0.717, 1.165) is 18.0 Å². The molecule has 0 bridgehead atoms. The van der Waals surface area contributed by atoms with Gasteiger partial charge in [0, 0.05) is 18.7 Å². The molecule has 1 fully saturated rings. The summed E-state index contributed by atoms with van der Waals surface area (Å²) >= 11 is 0. The van der Waals surface area contributed by atoms with Gasteiger partial charge in [-0.25, -0.2) is 0 Å². The highest BCUT2D eigenvalue weighted by molar-refractivity contribution is 5.92. The van der Waals surface area contributed by atoms with Gasteiger partial charge in [0.05, 0.1) is 0 Å². The van der Waals surface area contributed by atoms with E-state index in [9.17, 15) is 9.59 Å². The number of carbonyl (C=O) groups excluding carboxylic acids is 2. The third-order valence-corrected chi connectivity index (χ3v) is 5.30. The van der Waals surface area contributed by atoms with Crippen molar-refractivity contribution >= 4 is 11.8 Å². The molecule has 3 N–H and O–H groups in total. The lowest BCUT2D eigenvalue weighted by Crippen LogP contribution is -2.32. The van der Waals surface area contributed by atoms with Crippen LogP contribution in [-0.4, -0.2) is 36.4 Å². The summed E-state index contributed by atoms with van der Waals surface area (Å²) in [6, 6.07) is 14.8. The van der Waals surface area contributed by atoms with Crippen LogP contribution in [0, 0.1) is 5.92 Å². The number of piperidine rings is 1. The van der Waals surface area contributed by atoms with Gasteiger partial charge >= 0.3 is 0 Å². The Labute approximate surface area is 172 Å². The lowest BCUT2D eigenvalue weighted by Gasteiger charge is -2.30. The predicted octanol–water partition coefficient (Wildman–Crippen LogP) is 2.71. The average Bonchev–Trinajstić information content (AvgIpc) is 2.73. The zero-order valence-corrected chi connectivity index (χ0v) is 16.9. The van der Waals surface area contributed by atoms with E-state index in [0.29, 0.717) is 17.9 Å². The molecule has 0 atom stereocenters. The van der Waals surface area contributed by atoms with Gasteiger partial charge in [0.25, 0.3) is 5.91 Å². The SMILES string of the molecule is CC1CCN(Cc2ccc(CNC(=O)COc3ccc(C(N)=O)cc3)cc2)CC1. The van der Waals surface area contributed by atoms with Crippen LogP contribution in [0.4, 0.5) is 0 Å². The molecule has 0 saturated carbocycles. The van der Waals surface area contributed by atoms with Gasteiger partial charge in [-0.15, -0.1) is 0 Å². The fourth-order valence-corrected chi connectivity index (χ4v) is 3.36. The van der Waals surface area contributed by atoms with Crippen molar-refractivity contribution in [2.75, 3.05) is 19.7 Å². The fraction of sp³-hybridized carbons (Fsp3) is 0.391. The van der Waals surface area contributed by atoms with Crippen molar-refractivity contribution in [2.45, 2.75) is 32.9 Å². The normalized spacial score (nSPS) is 15.1. The summed E-state index contributed by atoms with van der Waals surface area (Å²) in [4.78, 5) is 25.6. The molecule has 2 aromatic rings. The highest BCUT2D eigenvalue weighted by atomic mass is 16.5. The Kier molecular flexibility index (Phi) is 7.25. The van der Waals surface area contributed by atoms with E-state index in [-0.39, 0.29) is 12.5 Å². The molecule has 1 aliphatic rings. The van der Waals surface area contributed by atoms with Gasteiger partial charge in [-0.2, -0.15) is 0 Å². The second kappa shape index (κ2) is 10.1. The van der Waals surface area contributed by atoms with Crippen molar-refractivity contribution in [3.05, 3.63) is 65.2 Å². The van der Waals surface area contributed by atoms with E-state index in [1.165, 1.54) is 31.5 Å². The van der Waals surface area contributed by atoms with Gasteiger partial charge < -0.3 is 15.8 Å². The molecule has 154 valence electrons. The summed E-state index contributed by atoms with van der Waals surface area (Å²) in [6.45, 7) is 6.03. The number of rotatable bonds is 8. The Morgan fingerprint density at radius 2 is 1.66 bits per heavy atom. The van der Waals surface area contributed by atoms with Crippen molar-refractivity contribution in [1.82, 2.24) is 10.2 Å². The van der Waals surface area contributed by atoms with E-state index in [2.05, 4.69) is 41.4 Å². The van der Waals surface area contributed by atoms with Crippen LogP contribution in [0.5, 0.6) is 5.75 Å². The summed E-state index contributed by atoms with van der Waals surface area (Å²) in [5.41, 5.74) is 7.96. The number of benzene rings is 2. The van der Waals surface area contributed by atoms with Crippen LogP contribution in [0.15, 0.2) is 48.5 Å². The molecule has 1 heterocycles. The first-order valence-electron chi connectivity index (χ1n) is 10.1. The topological polar surface area (TPSA) is 84.7 Å². The van der Waals surface area contributed by atoms with Crippen molar-refractivity contribution in [3.63, 3.8) is 0 Å². The molecule has 0 aromatic heterocycles. The van der Waals surface area contributed by atoms with E-state index >= 15 is 0 Å². The Bertz CT molecular complexity index is 810. The Hall–Kier alpha value is -2.86. The molecule has 1 saturated heterocycles. The van der Waals surface area contributed by atoms with Gasteiger partial charge in [-0.3, -0.25) is 14.5 Å². The van der Waals surface area contributed by atoms with E-state index in [1.807, 2.05) is 0 Å². The van der Waals surface area contributed by atoms with Crippen LogP contribution in [0.25, 0.3) is 0 Å². The summed E-state index contributed by atoms with van der Waals surface area (Å²) in [6.07, 6.45) is 2.56. The molecule has 6 heteroatoms. The second-order valence-corrected chi connectivity index (χ2v) is 7.73. The molecule has 2 amide bonds. The maximum Gasteiger partial charge on any atom is 0.258 e. The van der Waals surface area contributed by atoms with Crippen molar-refractivity contribution in [1.29, 1.82) is 0 Å². The summed E-state index contributed by atoms with van der Waals surface area (Å²) in [7, 11) is 0. The Morgan fingerprint density at radius 1 is 1.03 bits per heavy atom. The Morgan fingerprint density at radius 3 is 2.28 bits per heavy atom. The maximum atomic E-state index is 12.0. The molecule has 6 nitrogen and oxygen atoms in total. The smallest absolute Gasteiger partial charge is 0.258 e. The molecule has 3 rings (SSSR count). The molecule has 29 heavy (non-hydrogen) atoms. The minimum atomic E-state index is -0.495. The third kappa shape index (κ3) is 6.61. The fourth-order valence-electron chi connectivity index (χ4n) is 3.36. The monoisotopic (exact) mass is 395 g/mol. The van der Waals surface area contributed by atoms with Gasteiger partial charge in [-0.1, -0.05) is 31.2 Å². The number of ether oxygens (including phenoxy) is 1. The second-order valence-electron chi connectivity index (χ2n) is 7.73. The van der Waals surface area contributed by atoms with Crippen molar-refractivity contribution < 1.29 is 14.3 Å². The molecular formula is C23H29N3O3. The lowest BCUT2D eigenvalue weighted by molar-refractivity contribution is -0.123. The lowest BCUT2D eigenvalue weighted by atomic mass is 9.99. The van der Waals surface area contributed by atoms with E-state index < -0.39 is 5.91 Å². The highest BCUT2D eigenvalue weighted by Gasteiger charge is 2.15. The molecule has 0 aliphatic carbocycles. The largest absolute Gasteiger partial charge is 0.484 e. The number of carbonyl (C=O) groups is 2. The number of amides is 2. The van der Waals surface area contributed by atoms with Crippen LogP contribution < -0.4 is 15.8 Å². The molecular weight excluding hydrogens is 366 g/mol. The zero-order chi connectivity index (χ0) is 20.6. The summed E-state index contributed by atoms with van der Waals surface area (Å²) in [5, 5.41) is 2.86. The number of likely N-dealkylation sites (tertiary alicyclic amines) is 1. The van der Waals surface area contributed by atoms with Crippen molar-refractivity contribution in [3.8, 4) is 5.75 Å². The van der Waals surface area contributed by atoms with Crippen LogP contribution in [0.3, 0.4) is 0 Å². The highest BCUT2D eigenvalue weighted by Crippen LogP contribution is 2.18. The molecule has 0 radical (unpaired) electrons. The van der Waals surface area contributed by atoms with Crippen LogP contribution >= 0.6 is 0 Å². The molecule has 1 aliphatic heterocycles. The summed E-state index contributed by atoms with van der Waals surface area (Å²) < 4.78 is 5.43. The van der Waals surface area contributed by atoms with Gasteiger partial charge in [0.1, 0.15) is 5.75 Å². The third-order valence-electron chi connectivity index (χ3n) is 5.30. The van der Waals surface area contributed by atoms with E-state index in [1.54, 1.807) is 24.3 Å². The minimum absolute atomic E-state index is 0.0820. The first-order chi connectivity index (χ1) is 14.0. The molecule has 0 unspecified atom stereocenters. The maximum absolute atomic E-state index is 12.0. The first-order valence-corrected chi connectivity index (χ1v) is 10.1. The van der Waals surface area contributed by atoms with Crippen LogP contribution in [-0.2, 0) is 17.9 Å². The number of hydrogen-bond acceptors (Lipinski definition) is 4. The zero-order valence-electron chi connectivity index (χ0n) is 16.9. The van der Waals surface area contributed by atoms with Crippen LogP contribution in [0.2, 0.25) is 0 Å². The number of hydrogen-bond donors (Lipinski definition) is 2. The number of nitrogens with two attached hydrogens (primary N) is 1. The molecule has 0 spiro atoms. The van der Waals surface area contributed by atoms with Gasteiger partial charge in [-0.05, 0) is 67.2 Å². The van der Waals surface area contributed by atoms with Crippen molar-refractivity contribution in [2.24, 2.45) is 11.7 Å². The first kappa shape index (κ1) is 20.9. The minimum Gasteiger partial charge on any atom is -0.484 e. The standard InChI is InChI=1S/C23H29N3O3/c1-17-10-12-26(13-11-17)15-19-4-2-18(3-5-19)14-25-22(27)16-29-21-8-6-20(7-9-21)23(24)28/h2-9,17H,10-16H2,1H3,(H2,24,28)(H,25,27). The Balaban J connectivity index is 1.39. The van der Waals surface area contributed by atoms with E-state index in [4.69, 9.17) is 10.5 Å². The predicted molar refractivity (Wildman–Crippen MR) is 112 cm³/mol. The summed E-state index contributed by atoms with van der Waals surface area (Å²) in [5.74, 6) is 0.665. The number of nitrogens with zero attached hydrogens (tertiary/aromatic N) is 1. The van der Waals surface area contributed by atoms with Gasteiger partial charge in [0.2, 0.25) is 5.91 Å². The van der Waals surface area contributed by atoms with Crippen LogP contribution in [0.1, 0.15) is 41.3 Å². The number of nitrogens with one attached hydrogen (secondary N) is 1. The molecule has 2 aromatic carbocycles. The average molecular weight is 396 g/mol.